The molecular formula is C21H35IN4O3. The van der Waals surface area contributed by atoms with E-state index >= 15 is 0 Å². The topological polar surface area (TPSA) is 75.2 Å². The lowest BCUT2D eigenvalue weighted by Gasteiger charge is -2.34. The number of ether oxygens (including phenoxy) is 2. The van der Waals surface area contributed by atoms with Crippen molar-refractivity contribution in [3.05, 3.63) is 24.3 Å². The van der Waals surface area contributed by atoms with Crippen LogP contribution in [0.3, 0.4) is 0 Å². The summed E-state index contributed by atoms with van der Waals surface area (Å²) >= 11 is 0. The lowest BCUT2D eigenvalue weighted by atomic mass is 9.93. The molecule has 1 atom stereocenters. The Labute approximate surface area is 191 Å². The van der Waals surface area contributed by atoms with Crippen molar-refractivity contribution in [2.45, 2.75) is 39.2 Å². The van der Waals surface area contributed by atoms with E-state index in [0.29, 0.717) is 18.9 Å². The first-order valence-corrected chi connectivity index (χ1v) is 10.1. The van der Waals surface area contributed by atoms with Crippen LogP contribution in [0, 0.1) is 5.92 Å². The first-order chi connectivity index (χ1) is 13.6. The molecule has 0 bridgehead atoms. The number of methoxy groups -OCH3 is 1. The summed E-state index contributed by atoms with van der Waals surface area (Å²) in [5, 5.41) is 6.09. The van der Waals surface area contributed by atoms with E-state index in [2.05, 4.69) is 22.5 Å². The molecular weight excluding hydrogens is 483 g/mol. The summed E-state index contributed by atoms with van der Waals surface area (Å²) in [5.41, 5.74) is 0. The van der Waals surface area contributed by atoms with Crippen LogP contribution >= 0.6 is 24.0 Å². The van der Waals surface area contributed by atoms with Crippen molar-refractivity contribution in [3.8, 4) is 11.5 Å². The molecule has 0 radical (unpaired) electrons. The summed E-state index contributed by atoms with van der Waals surface area (Å²) in [7, 11) is 3.34. The van der Waals surface area contributed by atoms with Crippen LogP contribution in [0.4, 0.5) is 0 Å². The maximum absolute atomic E-state index is 11.6. The first-order valence-electron chi connectivity index (χ1n) is 10.1. The van der Waals surface area contributed by atoms with Gasteiger partial charge in [-0.1, -0.05) is 12.1 Å². The molecule has 0 saturated carbocycles. The van der Waals surface area contributed by atoms with Crippen molar-refractivity contribution in [1.82, 2.24) is 15.5 Å². The summed E-state index contributed by atoms with van der Waals surface area (Å²) in [6.07, 6.45) is 2.55. The number of nitrogens with one attached hydrogen (secondary N) is 2. The minimum Gasteiger partial charge on any atom is -0.493 e. The fourth-order valence-electron chi connectivity index (χ4n) is 3.32. The molecule has 1 fully saturated rings. The number of para-hydroxylation sites is 2. The lowest BCUT2D eigenvalue weighted by molar-refractivity contribution is -0.121. The molecule has 8 heteroatoms. The largest absolute Gasteiger partial charge is 0.493 e. The van der Waals surface area contributed by atoms with Gasteiger partial charge in [-0.05, 0) is 44.7 Å². The van der Waals surface area contributed by atoms with Crippen LogP contribution in [0.15, 0.2) is 29.3 Å². The molecule has 1 unspecified atom stereocenters. The van der Waals surface area contributed by atoms with Crippen molar-refractivity contribution in [2.24, 2.45) is 10.9 Å². The zero-order chi connectivity index (χ0) is 20.4. The second-order valence-electron chi connectivity index (χ2n) is 7.08. The van der Waals surface area contributed by atoms with Gasteiger partial charge in [-0.15, -0.1) is 24.0 Å². The van der Waals surface area contributed by atoms with Crippen molar-refractivity contribution in [3.63, 3.8) is 0 Å². The Balaban J connectivity index is 0.00000420. The lowest BCUT2D eigenvalue weighted by Crippen LogP contribution is -2.46. The normalized spacial score (nSPS) is 15.9. The predicted molar refractivity (Wildman–Crippen MR) is 127 cm³/mol. The predicted octanol–water partition coefficient (Wildman–Crippen LogP) is 2.89. The summed E-state index contributed by atoms with van der Waals surface area (Å²) in [6, 6.07) is 7.65. The van der Waals surface area contributed by atoms with E-state index in [1.807, 2.05) is 31.2 Å². The molecule has 1 heterocycles. The van der Waals surface area contributed by atoms with Gasteiger partial charge in [0.2, 0.25) is 5.91 Å². The summed E-state index contributed by atoms with van der Waals surface area (Å²) in [5.74, 6) is 2.95. The van der Waals surface area contributed by atoms with Gasteiger partial charge < -0.3 is 25.0 Å². The number of hydrogen-bond donors (Lipinski definition) is 2. The monoisotopic (exact) mass is 518 g/mol. The fraction of sp³-hybridized carbons (Fsp3) is 0.619. The van der Waals surface area contributed by atoms with Gasteiger partial charge >= 0.3 is 0 Å². The zero-order valence-corrected chi connectivity index (χ0v) is 20.3. The molecule has 1 amide bonds. The Hall–Kier alpha value is -1.71. The van der Waals surface area contributed by atoms with E-state index in [-0.39, 0.29) is 36.0 Å². The van der Waals surface area contributed by atoms with Crippen LogP contribution in [-0.2, 0) is 4.79 Å². The van der Waals surface area contributed by atoms with Gasteiger partial charge in [-0.25, -0.2) is 4.99 Å². The molecule has 2 N–H and O–H groups in total. The van der Waals surface area contributed by atoms with Gasteiger partial charge in [0.15, 0.2) is 17.5 Å². The molecule has 0 aromatic heterocycles. The molecule has 164 valence electrons. The highest BCUT2D eigenvalue weighted by Gasteiger charge is 2.23. The van der Waals surface area contributed by atoms with Crippen LogP contribution in [0.1, 0.15) is 33.1 Å². The third-order valence-corrected chi connectivity index (χ3v) is 4.90. The number of carbonyl (C=O) groups excluding carboxylic acids is 1. The number of nitrogens with zero attached hydrogens (tertiary/aromatic N) is 2. The number of guanidine groups is 1. The maximum atomic E-state index is 11.6. The highest BCUT2D eigenvalue weighted by Crippen LogP contribution is 2.27. The molecule has 1 aliphatic rings. The average Bonchev–Trinajstić information content (AvgIpc) is 2.72. The van der Waals surface area contributed by atoms with Gasteiger partial charge in [-0.2, -0.15) is 0 Å². The van der Waals surface area contributed by atoms with E-state index in [1.54, 1.807) is 14.2 Å². The van der Waals surface area contributed by atoms with Crippen molar-refractivity contribution < 1.29 is 14.3 Å². The number of piperidine rings is 1. The summed E-state index contributed by atoms with van der Waals surface area (Å²) in [6.45, 7) is 7.28. The third-order valence-electron chi connectivity index (χ3n) is 4.90. The zero-order valence-electron chi connectivity index (χ0n) is 17.9. The number of halogens is 1. The van der Waals surface area contributed by atoms with Crippen LogP contribution in [0.2, 0.25) is 0 Å². The molecule has 1 aromatic carbocycles. The molecule has 7 nitrogen and oxygen atoms in total. The highest BCUT2D eigenvalue weighted by atomic mass is 127. The quantitative estimate of drug-likeness (QED) is 0.315. The van der Waals surface area contributed by atoms with E-state index in [4.69, 9.17) is 14.5 Å². The van der Waals surface area contributed by atoms with Crippen molar-refractivity contribution in [2.75, 3.05) is 40.3 Å². The number of benzene rings is 1. The average molecular weight is 518 g/mol. The number of likely N-dealkylation sites (tertiary alicyclic amines) is 1. The maximum Gasteiger partial charge on any atom is 0.220 e. The smallest absolute Gasteiger partial charge is 0.220 e. The summed E-state index contributed by atoms with van der Waals surface area (Å²) < 4.78 is 11.3. The number of hydrogen-bond acceptors (Lipinski definition) is 4. The van der Waals surface area contributed by atoms with Gasteiger partial charge in [0.25, 0.3) is 0 Å². The molecule has 29 heavy (non-hydrogen) atoms. The highest BCUT2D eigenvalue weighted by molar-refractivity contribution is 14.0. The molecule has 2 rings (SSSR count). The van der Waals surface area contributed by atoms with Crippen LogP contribution in [-0.4, -0.2) is 63.2 Å². The molecule has 0 spiro atoms. The number of carbonyl (C=O) groups is 1. The SMILES string of the molecule is CCNC(=NCC(C)Oc1ccccc1OC)N1CCC(CC(=O)NC)CC1.I. The summed E-state index contributed by atoms with van der Waals surface area (Å²) in [4.78, 5) is 18.6. The van der Waals surface area contributed by atoms with Gasteiger partial charge in [0, 0.05) is 33.1 Å². The van der Waals surface area contributed by atoms with E-state index in [1.165, 1.54) is 0 Å². The van der Waals surface area contributed by atoms with Gasteiger partial charge in [-0.3, -0.25) is 4.79 Å². The first kappa shape index (κ1) is 25.3. The van der Waals surface area contributed by atoms with Crippen LogP contribution in [0.25, 0.3) is 0 Å². The Bertz CT molecular complexity index is 649. The van der Waals surface area contributed by atoms with Crippen molar-refractivity contribution >= 4 is 35.8 Å². The second-order valence-corrected chi connectivity index (χ2v) is 7.08. The fourth-order valence-corrected chi connectivity index (χ4v) is 3.32. The van der Waals surface area contributed by atoms with Gasteiger partial charge in [0.1, 0.15) is 6.10 Å². The Morgan fingerprint density at radius 3 is 2.52 bits per heavy atom. The molecule has 1 aromatic rings. The number of aliphatic imine (C=N–C) groups is 1. The standard InChI is InChI=1S/C21H34N4O3.HI/c1-5-23-21(25-12-10-17(11-13-25)14-20(26)22-3)24-15-16(2)28-19-9-7-6-8-18(19)27-4;/h6-9,16-17H,5,10-15H2,1-4H3,(H,22,26)(H,23,24);1H. The van der Waals surface area contributed by atoms with E-state index in [0.717, 1.165) is 49.9 Å². The number of amides is 1. The molecule has 1 aliphatic heterocycles. The van der Waals surface area contributed by atoms with E-state index in [9.17, 15) is 4.79 Å². The second kappa shape index (κ2) is 13.5. The minimum absolute atomic E-state index is 0. The molecule has 0 aliphatic carbocycles. The Morgan fingerprint density at radius 2 is 1.93 bits per heavy atom. The Kier molecular flexibility index (Phi) is 11.8. The van der Waals surface area contributed by atoms with E-state index < -0.39 is 0 Å². The third kappa shape index (κ3) is 8.28. The van der Waals surface area contributed by atoms with Crippen molar-refractivity contribution in [1.29, 1.82) is 0 Å². The number of rotatable bonds is 8. The minimum atomic E-state index is -0.0734. The van der Waals surface area contributed by atoms with Crippen LogP contribution < -0.4 is 20.1 Å². The van der Waals surface area contributed by atoms with Crippen LogP contribution in [0.5, 0.6) is 11.5 Å². The molecule has 1 saturated heterocycles. The van der Waals surface area contributed by atoms with Gasteiger partial charge in [0.05, 0.1) is 13.7 Å². The Morgan fingerprint density at radius 1 is 1.28 bits per heavy atom.